The number of piperidine rings is 1. The summed E-state index contributed by atoms with van der Waals surface area (Å²) in [4.78, 5) is 37.6. The van der Waals surface area contributed by atoms with Crippen LogP contribution in [0, 0.1) is 17.7 Å². The molecular formula is C23H20Cl2FN5O2. The lowest BCUT2D eigenvalue weighted by Gasteiger charge is -2.26. The lowest BCUT2D eigenvalue weighted by Crippen LogP contribution is -2.38. The molecule has 2 aromatic heterocycles. The molecule has 7 nitrogen and oxygen atoms in total. The number of carbonyl (C=O) groups excluding carboxylic acids is 1. The number of anilines is 1. The van der Waals surface area contributed by atoms with Crippen LogP contribution in [0.15, 0.2) is 47.5 Å². The van der Waals surface area contributed by atoms with E-state index in [-0.39, 0.29) is 40.6 Å². The molecule has 0 bridgehead atoms. The molecule has 5 rings (SSSR count). The van der Waals surface area contributed by atoms with E-state index < -0.39 is 5.82 Å². The molecule has 1 aromatic carbocycles. The Morgan fingerprint density at radius 3 is 2.45 bits per heavy atom. The van der Waals surface area contributed by atoms with Crippen LogP contribution in [0.5, 0.6) is 0 Å². The van der Waals surface area contributed by atoms with Crippen molar-refractivity contribution in [2.75, 3.05) is 25.0 Å². The van der Waals surface area contributed by atoms with Crippen molar-refractivity contribution in [1.82, 2.24) is 19.4 Å². The number of aromatic nitrogens is 3. The largest absolute Gasteiger partial charge is 0.342 e. The maximum Gasteiger partial charge on any atom is 0.255 e. The second-order valence-corrected chi connectivity index (χ2v) is 9.36. The average Bonchev–Trinajstić information content (AvgIpc) is 3.27. The van der Waals surface area contributed by atoms with E-state index in [4.69, 9.17) is 23.2 Å². The summed E-state index contributed by atoms with van der Waals surface area (Å²) in [7, 11) is 3.52. The molecule has 170 valence electrons. The van der Waals surface area contributed by atoms with Gasteiger partial charge in [-0.1, -0.05) is 23.2 Å². The quantitative estimate of drug-likeness (QED) is 0.563. The zero-order valence-corrected chi connectivity index (χ0v) is 19.4. The number of benzene rings is 1. The third-order valence-electron chi connectivity index (χ3n) is 6.47. The number of rotatable bonds is 4. The smallest absolute Gasteiger partial charge is 0.255 e. The topological polar surface area (TPSA) is 71.3 Å². The maximum atomic E-state index is 14.2. The number of fused-ring (bicyclic) bond motifs is 1. The lowest BCUT2D eigenvalue weighted by molar-refractivity contribution is 0.0772. The Hall–Kier alpha value is -2.97. The zero-order chi connectivity index (χ0) is 23.4. The van der Waals surface area contributed by atoms with Crippen LogP contribution in [-0.4, -0.2) is 51.5 Å². The minimum Gasteiger partial charge on any atom is -0.342 e. The number of carbonyl (C=O) groups is 1. The summed E-state index contributed by atoms with van der Waals surface area (Å²) in [6.45, 7) is 1.19. The summed E-state index contributed by atoms with van der Waals surface area (Å²) < 4.78 is 15.7. The van der Waals surface area contributed by atoms with Gasteiger partial charge in [-0.3, -0.25) is 19.1 Å². The first-order valence-corrected chi connectivity index (χ1v) is 11.2. The number of nitrogens with zero attached hydrogens (tertiary/aromatic N) is 5. The molecule has 1 saturated carbocycles. The van der Waals surface area contributed by atoms with Crippen LogP contribution in [0.25, 0.3) is 11.3 Å². The van der Waals surface area contributed by atoms with E-state index in [9.17, 15) is 14.0 Å². The summed E-state index contributed by atoms with van der Waals surface area (Å²) in [5, 5.41) is 0.843. The number of hydrogen-bond donors (Lipinski definition) is 0. The zero-order valence-electron chi connectivity index (χ0n) is 17.9. The van der Waals surface area contributed by atoms with Gasteiger partial charge in [0.25, 0.3) is 11.5 Å². The first-order valence-electron chi connectivity index (χ1n) is 10.4. The van der Waals surface area contributed by atoms with Gasteiger partial charge in [-0.25, -0.2) is 9.37 Å². The molecule has 33 heavy (non-hydrogen) atoms. The molecule has 0 radical (unpaired) electrons. The van der Waals surface area contributed by atoms with Gasteiger partial charge in [0.2, 0.25) is 5.95 Å². The Labute approximate surface area is 199 Å². The third-order valence-corrected chi connectivity index (χ3v) is 6.90. The molecular weight excluding hydrogens is 468 g/mol. The van der Waals surface area contributed by atoms with Crippen molar-refractivity contribution in [2.45, 2.75) is 6.04 Å². The molecule has 1 unspecified atom stereocenters. The number of hydrogen-bond acceptors (Lipinski definition) is 5. The molecule has 0 N–H and O–H groups in total. The van der Waals surface area contributed by atoms with Crippen molar-refractivity contribution in [1.29, 1.82) is 0 Å². The predicted molar refractivity (Wildman–Crippen MR) is 124 cm³/mol. The van der Waals surface area contributed by atoms with Gasteiger partial charge in [-0.2, -0.15) is 0 Å². The standard InChI is InChI=1S/C23H20Cl2FN5O2/c1-29-20(32)8-19(15-3-4-27-9-18(15)26)28-23(29)30(2)21-16-10-31(11-17(16)21)22(33)12-5-13(24)7-14(25)6-12/h3-9,16-17,21H,10-11H2,1-2H3/t16-,17+,21?. The first-order chi connectivity index (χ1) is 15.7. The second-order valence-electron chi connectivity index (χ2n) is 8.49. The molecule has 1 aliphatic heterocycles. The highest BCUT2D eigenvalue weighted by Crippen LogP contribution is 2.49. The van der Waals surface area contributed by atoms with Crippen molar-refractivity contribution in [3.63, 3.8) is 0 Å². The number of likely N-dealkylation sites (tertiary alicyclic amines) is 1. The van der Waals surface area contributed by atoms with E-state index >= 15 is 0 Å². The summed E-state index contributed by atoms with van der Waals surface area (Å²) >= 11 is 12.1. The summed E-state index contributed by atoms with van der Waals surface area (Å²) in [5.41, 5.74) is 0.680. The normalized spacial score (nSPS) is 21.1. The molecule has 1 amide bonds. The van der Waals surface area contributed by atoms with Crippen molar-refractivity contribution in [3.05, 3.63) is 74.5 Å². The predicted octanol–water partition coefficient (Wildman–Crippen LogP) is 3.50. The van der Waals surface area contributed by atoms with Gasteiger partial charge >= 0.3 is 0 Å². The van der Waals surface area contributed by atoms with E-state index in [1.165, 1.54) is 22.9 Å². The van der Waals surface area contributed by atoms with Crippen molar-refractivity contribution >= 4 is 35.1 Å². The molecule has 3 atom stereocenters. The minimum atomic E-state index is -0.537. The summed E-state index contributed by atoms with van der Waals surface area (Å²) in [6.07, 6.45) is 2.56. The fourth-order valence-electron chi connectivity index (χ4n) is 4.79. The number of pyridine rings is 1. The number of amides is 1. The summed E-state index contributed by atoms with van der Waals surface area (Å²) in [6, 6.07) is 7.78. The van der Waals surface area contributed by atoms with E-state index in [1.54, 1.807) is 30.1 Å². The van der Waals surface area contributed by atoms with Crippen molar-refractivity contribution < 1.29 is 9.18 Å². The van der Waals surface area contributed by atoms with Gasteiger partial charge in [-0.05, 0) is 24.3 Å². The third kappa shape index (κ3) is 3.87. The maximum absolute atomic E-state index is 14.2. The molecule has 2 aliphatic rings. The highest BCUT2D eigenvalue weighted by molar-refractivity contribution is 6.35. The molecule has 3 heterocycles. The Balaban J connectivity index is 1.35. The molecule has 0 spiro atoms. The van der Waals surface area contributed by atoms with Crippen LogP contribution in [0.4, 0.5) is 10.3 Å². The summed E-state index contributed by atoms with van der Waals surface area (Å²) in [5.74, 6) is 0.324. The van der Waals surface area contributed by atoms with Crippen LogP contribution in [0.1, 0.15) is 10.4 Å². The van der Waals surface area contributed by atoms with E-state index in [2.05, 4.69) is 9.97 Å². The fourth-order valence-corrected chi connectivity index (χ4v) is 5.32. The number of halogens is 3. The highest BCUT2D eigenvalue weighted by Gasteiger charge is 2.59. The molecule has 1 saturated heterocycles. The molecule has 3 aromatic rings. The van der Waals surface area contributed by atoms with E-state index in [0.717, 1.165) is 6.20 Å². The van der Waals surface area contributed by atoms with Gasteiger partial charge in [0, 0.05) is 78.5 Å². The van der Waals surface area contributed by atoms with Gasteiger partial charge in [0.1, 0.15) is 0 Å². The van der Waals surface area contributed by atoms with Gasteiger partial charge in [0.15, 0.2) is 5.82 Å². The van der Waals surface area contributed by atoms with Gasteiger partial charge in [-0.15, -0.1) is 0 Å². The Bertz CT molecular complexity index is 1300. The lowest BCUT2D eigenvalue weighted by atomic mass is 10.2. The fraction of sp³-hybridized carbons (Fsp3) is 0.304. The Kier molecular flexibility index (Phi) is 5.37. The van der Waals surface area contributed by atoms with Crippen LogP contribution in [0.2, 0.25) is 10.0 Å². The van der Waals surface area contributed by atoms with Gasteiger partial charge in [0.05, 0.1) is 11.9 Å². The van der Waals surface area contributed by atoms with E-state index in [0.29, 0.717) is 34.6 Å². The minimum absolute atomic E-state index is 0.103. The molecule has 1 aliphatic carbocycles. The molecule has 10 heteroatoms. The highest BCUT2D eigenvalue weighted by atomic mass is 35.5. The van der Waals surface area contributed by atoms with Crippen LogP contribution < -0.4 is 10.5 Å². The second kappa shape index (κ2) is 8.11. The van der Waals surface area contributed by atoms with E-state index in [1.807, 2.05) is 11.9 Å². The van der Waals surface area contributed by atoms with Crippen LogP contribution in [0.3, 0.4) is 0 Å². The Morgan fingerprint density at radius 2 is 1.82 bits per heavy atom. The average molecular weight is 488 g/mol. The Morgan fingerprint density at radius 1 is 1.15 bits per heavy atom. The SMILES string of the molecule is CN(c1nc(-c2ccncc2F)cc(=O)n1C)C1[C@H]2CN(C(=O)c3cc(Cl)cc(Cl)c3)C[C@@H]12. The monoisotopic (exact) mass is 487 g/mol. The first kappa shape index (κ1) is 21.9. The van der Waals surface area contributed by atoms with Crippen molar-refractivity contribution in [3.8, 4) is 11.3 Å². The van der Waals surface area contributed by atoms with Gasteiger partial charge < -0.3 is 9.80 Å². The van der Waals surface area contributed by atoms with Crippen molar-refractivity contribution in [2.24, 2.45) is 18.9 Å². The van der Waals surface area contributed by atoms with Crippen LogP contribution >= 0.6 is 23.2 Å². The molecule has 2 fully saturated rings. The van der Waals surface area contributed by atoms with Crippen LogP contribution in [-0.2, 0) is 7.05 Å².